The van der Waals surface area contributed by atoms with Crippen molar-refractivity contribution in [3.8, 4) is 0 Å². The number of nitrogens with two attached hydrogens (primary N) is 1. The Hall–Kier alpha value is -2.73. The first-order valence-electron chi connectivity index (χ1n) is 9.00. The first-order valence-corrected chi connectivity index (χ1v) is 9.00. The van der Waals surface area contributed by atoms with Gasteiger partial charge in [-0.25, -0.2) is 9.97 Å². The number of rotatable bonds is 3. The van der Waals surface area contributed by atoms with Crippen molar-refractivity contribution in [1.29, 1.82) is 0 Å². The number of fused-ring (bicyclic) bond motifs is 1. The molecule has 5 N–H and O–H groups in total. The van der Waals surface area contributed by atoms with Gasteiger partial charge in [-0.2, -0.15) is 13.2 Å². The molecule has 3 heterocycles. The monoisotopic (exact) mass is 424 g/mol. The molecule has 0 radical (unpaired) electrons. The van der Waals surface area contributed by atoms with Crippen molar-refractivity contribution in [2.75, 3.05) is 5.73 Å². The first kappa shape index (κ1) is 20.5. The van der Waals surface area contributed by atoms with Gasteiger partial charge in [0.15, 0.2) is 6.23 Å². The molecule has 0 saturated carbocycles. The lowest BCUT2D eigenvalue weighted by Crippen LogP contribution is -2.47. The molecule has 3 aromatic rings. The van der Waals surface area contributed by atoms with Crippen LogP contribution in [0.1, 0.15) is 30.4 Å². The predicted molar refractivity (Wildman–Crippen MR) is 98.9 cm³/mol. The quantitative estimate of drug-likeness (QED) is 0.505. The minimum atomic E-state index is -4.60. The molecule has 30 heavy (non-hydrogen) atoms. The highest BCUT2D eigenvalue weighted by molar-refractivity contribution is 5.86. The van der Waals surface area contributed by atoms with E-state index in [1.165, 1.54) is 30.1 Å². The normalized spacial score (nSPS) is 28.2. The number of anilines is 1. The highest BCUT2D eigenvalue weighted by atomic mass is 19.4. The van der Waals surface area contributed by atoms with Gasteiger partial charge in [-0.05, 0) is 30.7 Å². The molecule has 4 rings (SSSR count). The Morgan fingerprint density at radius 1 is 1.27 bits per heavy atom. The van der Waals surface area contributed by atoms with Crippen molar-refractivity contribution in [3.05, 3.63) is 54.0 Å². The van der Waals surface area contributed by atoms with Gasteiger partial charge in [0.25, 0.3) is 0 Å². The van der Waals surface area contributed by atoms with Gasteiger partial charge in [0.2, 0.25) is 0 Å². The number of benzene rings is 1. The summed E-state index contributed by atoms with van der Waals surface area (Å²) in [6.45, 7) is 1.24. The molecule has 2 aromatic heterocycles. The van der Waals surface area contributed by atoms with E-state index in [0.717, 1.165) is 18.2 Å². The molecule has 0 aliphatic carbocycles. The van der Waals surface area contributed by atoms with Crippen LogP contribution in [0.15, 0.2) is 42.9 Å². The van der Waals surface area contributed by atoms with E-state index in [4.69, 9.17) is 10.5 Å². The van der Waals surface area contributed by atoms with Crippen LogP contribution in [0.4, 0.5) is 19.0 Å². The number of aliphatic hydroxyl groups is 3. The molecule has 5 atom stereocenters. The van der Waals surface area contributed by atoms with E-state index >= 15 is 0 Å². The van der Waals surface area contributed by atoms with Gasteiger partial charge >= 0.3 is 6.18 Å². The van der Waals surface area contributed by atoms with E-state index in [-0.39, 0.29) is 11.4 Å². The van der Waals surface area contributed by atoms with Crippen molar-refractivity contribution in [1.82, 2.24) is 14.5 Å². The standard InChI is InChI=1S/C19H19F3N4O4/c1-18(29)13(28)17(26-6-5-11-15(23)24-8-25-16(11)26)30-14(18)12(27)9-3-2-4-10(7-9)19(20,21)22/h2-8,12-14,17,27-29H,1H3,(H2,23,24,25)/t12-,13-,14+,17+,18-/m0/s1. The second-order valence-corrected chi connectivity index (χ2v) is 7.41. The molecule has 1 aliphatic rings. The van der Waals surface area contributed by atoms with Crippen LogP contribution >= 0.6 is 0 Å². The number of ether oxygens (including phenoxy) is 1. The Bertz CT molecular complexity index is 1090. The maximum atomic E-state index is 13.0. The number of aliphatic hydroxyl groups excluding tert-OH is 2. The molecule has 0 amide bonds. The van der Waals surface area contributed by atoms with Crippen molar-refractivity contribution in [2.45, 2.75) is 43.2 Å². The minimum absolute atomic E-state index is 0.105. The number of alkyl halides is 3. The summed E-state index contributed by atoms with van der Waals surface area (Å²) in [6, 6.07) is 5.70. The third-order valence-electron chi connectivity index (χ3n) is 5.39. The summed E-state index contributed by atoms with van der Waals surface area (Å²) in [7, 11) is 0. The fourth-order valence-corrected chi connectivity index (χ4v) is 3.70. The third kappa shape index (κ3) is 3.19. The van der Waals surface area contributed by atoms with Crippen LogP contribution in [0.2, 0.25) is 0 Å². The average molecular weight is 424 g/mol. The predicted octanol–water partition coefficient (Wildman–Crippen LogP) is 1.78. The van der Waals surface area contributed by atoms with Gasteiger partial charge in [-0.15, -0.1) is 0 Å². The number of nitrogens with zero attached hydrogens (tertiary/aromatic N) is 3. The Kier molecular flexibility index (Phi) is 4.73. The van der Waals surface area contributed by atoms with Crippen LogP contribution in [0.5, 0.6) is 0 Å². The van der Waals surface area contributed by atoms with E-state index in [9.17, 15) is 28.5 Å². The fourth-order valence-electron chi connectivity index (χ4n) is 3.70. The fraction of sp³-hybridized carbons (Fsp3) is 0.368. The van der Waals surface area contributed by atoms with Crippen LogP contribution in [0.25, 0.3) is 11.0 Å². The smallest absolute Gasteiger partial charge is 0.386 e. The lowest BCUT2D eigenvalue weighted by Gasteiger charge is -2.30. The zero-order valence-electron chi connectivity index (χ0n) is 15.7. The molecule has 160 valence electrons. The summed E-state index contributed by atoms with van der Waals surface area (Å²) in [5.41, 5.74) is 3.11. The van der Waals surface area contributed by atoms with Crippen LogP contribution in [0.3, 0.4) is 0 Å². The molecule has 11 heteroatoms. The Balaban J connectivity index is 1.69. The summed E-state index contributed by atoms with van der Waals surface area (Å²) in [5, 5.41) is 32.8. The molecule has 8 nitrogen and oxygen atoms in total. The average Bonchev–Trinajstić information content (AvgIpc) is 3.21. The van der Waals surface area contributed by atoms with Crippen LogP contribution in [-0.2, 0) is 10.9 Å². The zero-order chi connectivity index (χ0) is 21.8. The highest BCUT2D eigenvalue weighted by Crippen LogP contribution is 2.44. The summed E-state index contributed by atoms with van der Waals surface area (Å²) in [5.74, 6) is 0.207. The second kappa shape index (κ2) is 6.91. The maximum absolute atomic E-state index is 13.0. The number of hydrogen-bond acceptors (Lipinski definition) is 7. The third-order valence-corrected chi connectivity index (χ3v) is 5.39. The summed E-state index contributed by atoms with van der Waals surface area (Å²) in [4.78, 5) is 7.98. The van der Waals surface area contributed by atoms with Crippen molar-refractivity contribution in [3.63, 3.8) is 0 Å². The Labute approximate surface area is 168 Å². The molecule has 0 bridgehead atoms. The topological polar surface area (TPSA) is 127 Å². The second-order valence-electron chi connectivity index (χ2n) is 7.41. The molecule has 1 fully saturated rings. The Morgan fingerprint density at radius 2 is 2.00 bits per heavy atom. The Morgan fingerprint density at radius 3 is 2.70 bits per heavy atom. The van der Waals surface area contributed by atoms with Gasteiger partial charge in [0, 0.05) is 6.20 Å². The van der Waals surface area contributed by atoms with E-state index in [1.807, 2.05) is 0 Å². The molecule has 0 unspecified atom stereocenters. The summed E-state index contributed by atoms with van der Waals surface area (Å²) < 4.78 is 46.2. The van der Waals surface area contributed by atoms with E-state index in [0.29, 0.717) is 11.0 Å². The lowest BCUT2D eigenvalue weighted by molar-refractivity contribution is -0.138. The lowest BCUT2D eigenvalue weighted by atomic mass is 9.88. The van der Waals surface area contributed by atoms with Crippen LogP contribution < -0.4 is 5.73 Å². The van der Waals surface area contributed by atoms with E-state index < -0.39 is 41.9 Å². The summed E-state index contributed by atoms with van der Waals surface area (Å²) >= 11 is 0. The first-order chi connectivity index (χ1) is 14.0. The van der Waals surface area contributed by atoms with Gasteiger partial charge in [0.1, 0.15) is 41.7 Å². The van der Waals surface area contributed by atoms with E-state index in [2.05, 4.69) is 9.97 Å². The van der Waals surface area contributed by atoms with Gasteiger partial charge in [-0.1, -0.05) is 12.1 Å². The van der Waals surface area contributed by atoms with Gasteiger partial charge in [-0.3, -0.25) is 0 Å². The van der Waals surface area contributed by atoms with Gasteiger partial charge < -0.3 is 30.4 Å². The molecule has 1 aromatic carbocycles. The number of halogens is 3. The minimum Gasteiger partial charge on any atom is -0.386 e. The molecule has 0 spiro atoms. The largest absolute Gasteiger partial charge is 0.416 e. The highest BCUT2D eigenvalue weighted by Gasteiger charge is 2.56. The molecule has 1 saturated heterocycles. The van der Waals surface area contributed by atoms with Crippen molar-refractivity contribution < 1.29 is 33.2 Å². The molecule has 1 aliphatic heterocycles. The van der Waals surface area contributed by atoms with E-state index in [1.54, 1.807) is 6.07 Å². The zero-order valence-corrected chi connectivity index (χ0v) is 15.7. The summed E-state index contributed by atoms with van der Waals surface area (Å²) in [6.07, 6.45) is -7.59. The number of hydrogen-bond donors (Lipinski definition) is 4. The van der Waals surface area contributed by atoms with Crippen LogP contribution in [0, 0.1) is 0 Å². The van der Waals surface area contributed by atoms with Crippen LogP contribution in [-0.4, -0.2) is 47.7 Å². The SMILES string of the molecule is C[C@@]1(O)[C@@H]([C@@H](O)c2cccc(C(F)(F)F)c2)O[C@@H](n2ccc3c(N)ncnc32)[C@@H]1O. The maximum Gasteiger partial charge on any atom is 0.416 e. The molecular weight excluding hydrogens is 405 g/mol. The number of aromatic nitrogens is 3. The number of nitrogen functional groups attached to an aromatic ring is 1. The molecular formula is C19H19F3N4O4. The van der Waals surface area contributed by atoms with Crippen molar-refractivity contribution >= 4 is 16.9 Å². The van der Waals surface area contributed by atoms with Crippen molar-refractivity contribution in [2.24, 2.45) is 0 Å². The van der Waals surface area contributed by atoms with Gasteiger partial charge in [0.05, 0.1) is 10.9 Å².